The minimum absolute atomic E-state index is 0.642. The number of fused-ring (bicyclic) bond motifs is 9. The summed E-state index contributed by atoms with van der Waals surface area (Å²) in [6.07, 6.45) is 0. The number of nitrogens with zero attached hydrogens (tertiary/aromatic N) is 3. The summed E-state index contributed by atoms with van der Waals surface area (Å²) in [6, 6.07) is 65.9. The lowest BCUT2D eigenvalue weighted by Crippen LogP contribution is -2.00. The molecule has 55 heavy (non-hydrogen) atoms. The fourth-order valence-electron chi connectivity index (χ4n) is 8.05. The molecule has 0 saturated carbocycles. The molecule has 11 aromatic rings. The van der Waals surface area contributed by atoms with Gasteiger partial charge in [0.15, 0.2) is 17.5 Å². The van der Waals surface area contributed by atoms with Crippen molar-refractivity contribution in [1.29, 1.82) is 0 Å². The van der Waals surface area contributed by atoms with E-state index < -0.39 is 0 Å². The van der Waals surface area contributed by atoms with E-state index in [4.69, 9.17) is 19.4 Å². The van der Waals surface area contributed by atoms with Gasteiger partial charge in [-0.3, -0.25) is 0 Å². The van der Waals surface area contributed by atoms with E-state index in [1.165, 1.54) is 26.9 Å². The topological polar surface area (TPSA) is 51.8 Å². The van der Waals surface area contributed by atoms with Gasteiger partial charge in [0.05, 0.1) is 0 Å². The summed E-state index contributed by atoms with van der Waals surface area (Å²) in [4.78, 5) is 15.0. The Morgan fingerprint density at radius 3 is 1.44 bits per heavy atom. The van der Waals surface area contributed by atoms with E-state index in [-0.39, 0.29) is 0 Å². The Kier molecular flexibility index (Phi) is 7.14. The maximum absolute atomic E-state index is 6.42. The van der Waals surface area contributed by atoms with Crippen molar-refractivity contribution < 1.29 is 4.42 Å². The van der Waals surface area contributed by atoms with Crippen LogP contribution in [0.4, 0.5) is 0 Å². The smallest absolute Gasteiger partial charge is 0.164 e. The highest BCUT2D eigenvalue weighted by Crippen LogP contribution is 2.41. The summed E-state index contributed by atoms with van der Waals surface area (Å²) in [5.74, 6) is 1.94. The second-order valence-corrected chi connectivity index (χ2v) is 14.0. The minimum Gasteiger partial charge on any atom is -0.455 e. The third-order valence-electron chi connectivity index (χ3n) is 10.7. The van der Waals surface area contributed by atoms with E-state index in [9.17, 15) is 0 Å². The Balaban J connectivity index is 1.07. The van der Waals surface area contributed by atoms with Crippen LogP contribution in [0.3, 0.4) is 0 Å². The molecule has 0 atom stereocenters. The van der Waals surface area contributed by atoms with Crippen molar-refractivity contribution in [2.45, 2.75) is 0 Å². The number of furan rings is 1. The number of rotatable bonds is 5. The van der Waals surface area contributed by atoms with Crippen molar-refractivity contribution in [2.24, 2.45) is 0 Å². The van der Waals surface area contributed by atoms with Gasteiger partial charge in [-0.15, -0.1) is 0 Å². The highest BCUT2D eigenvalue weighted by molar-refractivity contribution is 6.26. The van der Waals surface area contributed by atoms with Crippen LogP contribution in [-0.2, 0) is 0 Å². The molecule has 0 amide bonds. The van der Waals surface area contributed by atoms with Gasteiger partial charge in [0.25, 0.3) is 0 Å². The van der Waals surface area contributed by atoms with Crippen molar-refractivity contribution in [3.63, 3.8) is 0 Å². The third kappa shape index (κ3) is 5.26. The van der Waals surface area contributed by atoms with E-state index in [0.29, 0.717) is 17.5 Å². The molecule has 11 rings (SSSR count). The Morgan fingerprint density at radius 2 is 0.727 bits per heavy atom. The van der Waals surface area contributed by atoms with Crippen LogP contribution in [0.15, 0.2) is 192 Å². The number of para-hydroxylation sites is 2. The van der Waals surface area contributed by atoms with Gasteiger partial charge in [-0.2, -0.15) is 0 Å². The van der Waals surface area contributed by atoms with Crippen LogP contribution in [-0.4, -0.2) is 15.0 Å². The molecule has 0 unspecified atom stereocenters. The van der Waals surface area contributed by atoms with Gasteiger partial charge < -0.3 is 4.42 Å². The average molecular weight is 702 g/mol. The summed E-state index contributed by atoms with van der Waals surface area (Å²) in [5.41, 5.74) is 9.18. The zero-order valence-corrected chi connectivity index (χ0v) is 29.6. The van der Waals surface area contributed by atoms with Crippen LogP contribution in [0.1, 0.15) is 0 Å². The predicted molar refractivity (Wildman–Crippen MR) is 227 cm³/mol. The van der Waals surface area contributed by atoms with Crippen molar-refractivity contribution in [1.82, 2.24) is 15.0 Å². The molecule has 0 aliphatic rings. The van der Waals surface area contributed by atoms with Gasteiger partial charge in [-0.05, 0) is 73.3 Å². The quantitative estimate of drug-likeness (QED) is 0.168. The second kappa shape index (κ2) is 12.6. The summed E-state index contributed by atoms with van der Waals surface area (Å²) < 4.78 is 6.42. The molecule has 0 bridgehead atoms. The zero-order valence-electron chi connectivity index (χ0n) is 29.6. The molecule has 0 radical (unpaired) electrons. The molecule has 0 aliphatic carbocycles. The zero-order chi connectivity index (χ0) is 36.3. The van der Waals surface area contributed by atoms with E-state index in [0.717, 1.165) is 66.3 Å². The standard InChI is InChI=1S/C51H31N3O/c1-3-13-32(14-4-1)49-52-50(33-15-5-2-6-16-33)54-51(53-49)37-26-28-41-39-19-7-8-20-40(39)45-30-35(25-27-42(45)46(41)31-37)34-17-11-18-36(29-34)38-22-12-23-44-43-21-9-10-24-47(43)55-48(38)44/h1-31H. The SMILES string of the molecule is c1ccc(-c2nc(-c3ccccc3)nc(-c3ccc4c5ccccc5c5cc(-c6cccc(-c7cccc8c7oc7ccccc78)c6)ccc5c4c3)n2)cc1. The average Bonchev–Trinajstić information content (AvgIpc) is 3.66. The molecule has 0 fully saturated rings. The molecule has 0 aliphatic heterocycles. The molecule has 0 spiro atoms. The minimum atomic E-state index is 0.642. The molecular weight excluding hydrogens is 671 g/mol. The molecule has 9 aromatic carbocycles. The van der Waals surface area contributed by atoms with Crippen LogP contribution in [0.5, 0.6) is 0 Å². The Labute approximate surface area is 317 Å². The van der Waals surface area contributed by atoms with Gasteiger partial charge in [0.1, 0.15) is 11.2 Å². The number of hydrogen-bond acceptors (Lipinski definition) is 4. The Morgan fingerprint density at radius 1 is 0.273 bits per heavy atom. The maximum Gasteiger partial charge on any atom is 0.164 e. The van der Waals surface area contributed by atoms with Gasteiger partial charge in [-0.1, -0.05) is 164 Å². The number of aromatic nitrogens is 3. The highest BCUT2D eigenvalue weighted by atomic mass is 16.3. The molecule has 2 heterocycles. The first-order chi connectivity index (χ1) is 27.2. The van der Waals surface area contributed by atoms with Crippen LogP contribution in [0, 0.1) is 0 Å². The fraction of sp³-hybridized carbons (Fsp3) is 0. The van der Waals surface area contributed by atoms with Crippen molar-refractivity contribution >= 4 is 54.3 Å². The molecular formula is C51H31N3O. The highest BCUT2D eigenvalue weighted by Gasteiger charge is 2.17. The molecule has 2 aromatic heterocycles. The predicted octanol–water partition coefficient (Wildman–Crippen LogP) is 13.6. The summed E-state index contributed by atoms with van der Waals surface area (Å²) in [5, 5.41) is 9.44. The number of hydrogen-bond donors (Lipinski definition) is 0. The molecule has 4 nitrogen and oxygen atoms in total. The summed E-state index contributed by atoms with van der Waals surface area (Å²) in [7, 11) is 0. The lowest BCUT2D eigenvalue weighted by atomic mass is 9.90. The van der Waals surface area contributed by atoms with Gasteiger partial charge in [-0.25, -0.2) is 15.0 Å². The first-order valence-corrected chi connectivity index (χ1v) is 18.5. The van der Waals surface area contributed by atoms with Gasteiger partial charge in [0, 0.05) is 33.0 Å². The monoisotopic (exact) mass is 701 g/mol. The first kappa shape index (κ1) is 31.1. The lowest BCUT2D eigenvalue weighted by Gasteiger charge is -2.14. The van der Waals surface area contributed by atoms with Crippen LogP contribution >= 0.6 is 0 Å². The van der Waals surface area contributed by atoms with Crippen molar-refractivity contribution in [2.75, 3.05) is 0 Å². The van der Waals surface area contributed by atoms with E-state index in [1.807, 2.05) is 72.8 Å². The first-order valence-electron chi connectivity index (χ1n) is 18.5. The van der Waals surface area contributed by atoms with Crippen molar-refractivity contribution in [3.8, 4) is 56.4 Å². The normalized spacial score (nSPS) is 11.6. The van der Waals surface area contributed by atoms with Crippen molar-refractivity contribution in [3.05, 3.63) is 188 Å². The van der Waals surface area contributed by atoms with Gasteiger partial charge >= 0.3 is 0 Å². The molecule has 4 heteroatoms. The number of benzene rings is 9. The van der Waals surface area contributed by atoms with E-state index in [1.54, 1.807) is 0 Å². The summed E-state index contributed by atoms with van der Waals surface area (Å²) in [6.45, 7) is 0. The Hall–Kier alpha value is -7.43. The fourth-order valence-corrected chi connectivity index (χ4v) is 8.05. The van der Waals surface area contributed by atoms with Gasteiger partial charge in [0.2, 0.25) is 0 Å². The largest absolute Gasteiger partial charge is 0.455 e. The summed E-state index contributed by atoms with van der Waals surface area (Å²) >= 11 is 0. The second-order valence-electron chi connectivity index (χ2n) is 14.0. The van der Waals surface area contributed by atoms with E-state index >= 15 is 0 Å². The third-order valence-corrected chi connectivity index (χ3v) is 10.7. The van der Waals surface area contributed by atoms with Crippen LogP contribution < -0.4 is 0 Å². The maximum atomic E-state index is 6.42. The molecule has 256 valence electrons. The van der Waals surface area contributed by atoms with Crippen LogP contribution in [0.2, 0.25) is 0 Å². The molecule has 0 N–H and O–H groups in total. The lowest BCUT2D eigenvalue weighted by molar-refractivity contribution is 0.670. The van der Waals surface area contributed by atoms with Crippen LogP contribution in [0.25, 0.3) is 111 Å². The Bertz CT molecular complexity index is 3200. The van der Waals surface area contributed by atoms with E-state index in [2.05, 4.69) is 115 Å². The molecule has 0 saturated heterocycles.